The zero-order valence-corrected chi connectivity index (χ0v) is 16.1. The number of rotatable bonds is 6. The van der Waals surface area contributed by atoms with Gasteiger partial charge >= 0.3 is 0 Å². The first kappa shape index (κ1) is 18.6. The molecule has 0 saturated heterocycles. The number of ether oxygens (including phenoxy) is 2. The van der Waals surface area contributed by atoms with E-state index in [2.05, 4.69) is 16.8 Å². The minimum Gasteiger partial charge on any atom is -0.493 e. The van der Waals surface area contributed by atoms with Gasteiger partial charge in [-0.15, -0.1) is 0 Å². The van der Waals surface area contributed by atoms with Crippen LogP contribution >= 0.6 is 0 Å². The van der Waals surface area contributed by atoms with E-state index in [1.54, 1.807) is 7.11 Å². The van der Waals surface area contributed by atoms with E-state index in [4.69, 9.17) is 9.47 Å². The van der Waals surface area contributed by atoms with Crippen molar-refractivity contribution in [2.24, 2.45) is 0 Å². The Morgan fingerprint density at radius 3 is 2.30 bits per heavy atom. The minimum absolute atomic E-state index is 0.110. The molecule has 0 fully saturated rings. The lowest BCUT2D eigenvalue weighted by Crippen LogP contribution is -2.13. The molecule has 0 atom stereocenters. The molecule has 1 N–H and O–H groups in total. The molecule has 5 nitrogen and oxygen atoms in total. The largest absolute Gasteiger partial charge is 0.493 e. The Balaban J connectivity index is 1.71. The normalized spacial score (nSPS) is 10.5. The number of nitrogens with one attached hydrogen (secondary N) is 1. The van der Waals surface area contributed by atoms with Gasteiger partial charge < -0.3 is 19.4 Å². The van der Waals surface area contributed by atoms with E-state index in [1.165, 1.54) is 0 Å². The topological polar surface area (TPSA) is 52.5 Å². The van der Waals surface area contributed by atoms with Gasteiger partial charge in [-0.3, -0.25) is 4.79 Å². The van der Waals surface area contributed by atoms with E-state index in [-0.39, 0.29) is 5.91 Å². The predicted molar refractivity (Wildman–Crippen MR) is 107 cm³/mol. The molecule has 0 saturated carbocycles. The smallest absolute Gasteiger partial charge is 0.257 e. The summed E-state index contributed by atoms with van der Waals surface area (Å²) in [6, 6.07) is 16.7. The van der Waals surface area contributed by atoms with Gasteiger partial charge in [-0.1, -0.05) is 12.1 Å². The summed E-state index contributed by atoms with van der Waals surface area (Å²) in [7, 11) is 1.61. The summed E-state index contributed by atoms with van der Waals surface area (Å²) >= 11 is 0. The zero-order chi connectivity index (χ0) is 19.4. The number of nitrogens with zero attached hydrogens (tertiary/aromatic N) is 1. The Hall–Kier alpha value is -3.21. The first-order valence-corrected chi connectivity index (χ1v) is 8.92. The molecule has 27 heavy (non-hydrogen) atoms. The molecule has 0 aliphatic rings. The average molecular weight is 364 g/mol. The van der Waals surface area contributed by atoms with E-state index in [1.807, 2.05) is 68.4 Å². The van der Waals surface area contributed by atoms with Gasteiger partial charge in [0.2, 0.25) is 0 Å². The summed E-state index contributed by atoms with van der Waals surface area (Å²) in [5, 5.41) is 2.94. The van der Waals surface area contributed by atoms with Gasteiger partial charge in [0.15, 0.2) is 11.5 Å². The number of anilines is 1. The average Bonchev–Trinajstić information content (AvgIpc) is 2.97. The van der Waals surface area contributed by atoms with Crippen molar-refractivity contribution in [3.63, 3.8) is 0 Å². The van der Waals surface area contributed by atoms with Gasteiger partial charge in [-0.2, -0.15) is 0 Å². The number of aryl methyl sites for hydroxylation is 1. The highest BCUT2D eigenvalue weighted by Gasteiger charge is 2.15. The summed E-state index contributed by atoms with van der Waals surface area (Å²) in [4.78, 5) is 12.6. The molecule has 0 radical (unpaired) electrons. The van der Waals surface area contributed by atoms with Gasteiger partial charge in [-0.05, 0) is 63.2 Å². The van der Waals surface area contributed by atoms with Crippen molar-refractivity contribution in [1.29, 1.82) is 0 Å². The molecular weight excluding hydrogens is 340 g/mol. The molecule has 3 rings (SSSR count). The van der Waals surface area contributed by atoms with Crippen molar-refractivity contribution in [3.05, 3.63) is 71.5 Å². The molecule has 3 aromatic rings. The third kappa shape index (κ3) is 3.97. The molecule has 0 aliphatic heterocycles. The predicted octanol–water partition coefficient (Wildman–Crippen LogP) is 5.18. The van der Waals surface area contributed by atoms with E-state index in [0.29, 0.717) is 28.5 Å². The van der Waals surface area contributed by atoms with Crippen molar-refractivity contribution in [3.8, 4) is 17.2 Å². The number of hydrogen-bond donors (Lipinski definition) is 1. The van der Waals surface area contributed by atoms with Crippen molar-refractivity contribution >= 4 is 11.6 Å². The molecule has 0 spiro atoms. The summed E-state index contributed by atoms with van der Waals surface area (Å²) in [6.45, 7) is 6.90. The van der Waals surface area contributed by atoms with Crippen LogP contribution in [0.3, 0.4) is 0 Å². The van der Waals surface area contributed by atoms with Crippen LogP contribution in [0.25, 0.3) is 0 Å². The van der Waals surface area contributed by atoms with Crippen molar-refractivity contribution in [2.45, 2.75) is 27.3 Å². The second-order valence-electron chi connectivity index (χ2n) is 6.26. The van der Waals surface area contributed by atoms with Crippen LogP contribution < -0.4 is 14.8 Å². The maximum absolute atomic E-state index is 12.6. The van der Waals surface area contributed by atoms with Gasteiger partial charge in [0.25, 0.3) is 5.91 Å². The third-order valence-corrected chi connectivity index (χ3v) is 4.54. The van der Waals surface area contributed by atoms with Crippen LogP contribution in [0.15, 0.2) is 54.6 Å². The Morgan fingerprint density at radius 1 is 1.04 bits per heavy atom. The molecule has 1 amide bonds. The summed E-state index contributed by atoms with van der Waals surface area (Å²) in [5.41, 5.74) is 3.47. The van der Waals surface area contributed by atoms with E-state index >= 15 is 0 Å². The summed E-state index contributed by atoms with van der Waals surface area (Å²) in [6.07, 6.45) is 0. The lowest BCUT2D eigenvalue weighted by molar-refractivity contribution is 0.102. The first-order chi connectivity index (χ1) is 13.0. The highest BCUT2D eigenvalue weighted by Crippen LogP contribution is 2.31. The molecule has 1 aromatic heterocycles. The molecular formula is C22H24N2O3. The quantitative estimate of drug-likeness (QED) is 0.656. The van der Waals surface area contributed by atoms with E-state index in [0.717, 1.165) is 17.9 Å². The molecule has 0 bridgehead atoms. The fourth-order valence-electron chi connectivity index (χ4n) is 3.15. The number of amides is 1. The molecule has 140 valence electrons. The first-order valence-electron chi connectivity index (χ1n) is 8.92. The second kappa shape index (κ2) is 7.99. The minimum atomic E-state index is -0.110. The summed E-state index contributed by atoms with van der Waals surface area (Å²) in [5.74, 6) is 1.87. The Morgan fingerprint density at radius 2 is 1.70 bits per heavy atom. The standard InChI is InChI=1S/C22H24N2O3/c1-5-24-15(2)14-19(16(24)3)22(25)23-17-10-12-18(13-11-17)27-21-9-7-6-8-20(21)26-4/h6-14H,5H2,1-4H3,(H,23,25). The maximum Gasteiger partial charge on any atom is 0.257 e. The number of methoxy groups -OCH3 is 1. The van der Waals surface area contributed by atoms with Gasteiger partial charge in [0.1, 0.15) is 5.75 Å². The molecule has 0 unspecified atom stereocenters. The molecule has 2 aromatic carbocycles. The highest BCUT2D eigenvalue weighted by molar-refractivity contribution is 6.05. The molecule has 5 heteroatoms. The SMILES string of the molecule is CCn1c(C)cc(C(=O)Nc2ccc(Oc3ccccc3OC)cc2)c1C. The fourth-order valence-corrected chi connectivity index (χ4v) is 3.15. The van der Waals surface area contributed by atoms with E-state index < -0.39 is 0 Å². The lowest BCUT2D eigenvalue weighted by atomic mass is 10.2. The Labute approximate surface area is 159 Å². The maximum atomic E-state index is 12.6. The zero-order valence-electron chi connectivity index (χ0n) is 16.1. The van der Waals surface area contributed by atoms with Crippen molar-refractivity contribution < 1.29 is 14.3 Å². The van der Waals surface area contributed by atoms with Gasteiger partial charge in [-0.25, -0.2) is 0 Å². The number of carbonyl (C=O) groups excluding carboxylic acids is 1. The van der Waals surface area contributed by atoms with Gasteiger partial charge in [0, 0.05) is 23.6 Å². The van der Waals surface area contributed by atoms with Crippen LogP contribution in [0, 0.1) is 13.8 Å². The van der Waals surface area contributed by atoms with E-state index in [9.17, 15) is 4.79 Å². The number of aromatic nitrogens is 1. The fraction of sp³-hybridized carbons (Fsp3) is 0.227. The Kier molecular flexibility index (Phi) is 5.50. The van der Waals surface area contributed by atoms with Crippen molar-refractivity contribution in [2.75, 3.05) is 12.4 Å². The van der Waals surface area contributed by atoms with Crippen LogP contribution in [0.1, 0.15) is 28.7 Å². The number of carbonyl (C=O) groups is 1. The third-order valence-electron chi connectivity index (χ3n) is 4.54. The lowest BCUT2D eigenvalue weighted by Gasteiger charge is -2.11. The molecule has 0 aliphatic carbocycles. The number of para-hydroxylation sites is 2. The monoisotopic (exact) mass is 364 g/mol. The van der Waals surface area contributed by atoms with Crippen LogP contribution in [0.2, 0.25) is 0 Å². The Bertz CT molecular complexity index is 943. The van der Waals surface area contributed by atoms with Crippen molar-refractivity contribution in [1.82, 2.24) is 4.57 Å². The highest BCUT2D eigenvalue weighted by atomic mass is 16.5. The number of benzene rings is 2. The molecule has 1 heterocycles. The van der Waals surface area contributed by atoms with Crippen LogP contribution in [0.4, 0.5) is 5.69 Å². The van der Waals surface area contributed by atoms with Crippen LogP contribution in [0.5, 0.6) is 17.2 Å². The van der Waals surface area contributed by atoms with Crippen LogP contribution in [-0.4, -0.2) is 17.6 Å². The van der Waals surface area contributed by atoms with Gasteiger partial charge in [0.05, 0.1) is 12.7 Å². The summed E-state index contributed by atoms with van der Waals surface area (Å²) < 4.78 is 13.3. The van der Waals surface area contributed by atoms with Crippen LogP contribution in [-0.2, 0) is 6.54 Å². The number of hydrogen-bond acceptors (Lipinski definition) is 3. The second-order valence-corrected chi connectivity index (χ2v) is 6.26.